The predicted molar refractivity (Wildman–Crippen MR) is 59.3 cm³/mol. The minimum absolute atomic E-state index is 0.449. The molecule has 0 aromatic heterocycles. The Hall–Kier alpha value is -0.120. The van der Waals surface area contributed by atoms with Gasteiger partial charge in [-0.25, -0.2) is 0 Å². The molecule has 0 aliphatic carbocycles. The second kappa shape index (κ2) is 4.17. The van der Waals surface area contributed by atoms with Crippen LogP contribution in [0.3, 0.4) is 0 Å². The first kappa shape index (κ1) is 10.4. The summed E-state index contributed by atoms with van der Waals surface area (Å²) in [6.07, 6.45) is 3.65. The fourth-order valence-corrected chi connectivity index (χ4v) is 3.00. The van der Waals surface area contributed by atoms with Gasteiger partial charge in [0.15, 0.2) is 0 Å². The number of fused-ring (bicyclic) bond motifs is 2. The molecule has 0 spiro atoms. The van der Waals surface area contributed by atoms with Crippen LogP contribution in [0.25, 0.3) is 0 Å². The number of hydrogen-bond acceptors (Lipinski definition) is 3. The van der Waals surface area contributed by atoms with Gasteiger partial charge in [0.1, 0.15) is 0 Å². The monoisotopic (exact) mass is 197 g/mol. The Morgan fingerprint density at radius 3 is 2.29 bits per heavy atom. The summed E-state index contributed by atoms with van der Waals surface area (Å²) in [5, 5.41) is 0. The maximum atomic E-state index is 6.06. The first-order valence-electron chi connectivity index (χ1n) is 5.90. The molecule has 3 atom stereocenters. The lowest BCUT2D eigenvalue weighted by atomic mass is 9.88. The maximum Gasteiger partial charge on any atom is 0.0238 e. The van der Waals surface area contributed by atoms with E-state index in [0.717, 1.165) is 0 Å². The Morgan fingerprint density at radius 2 is 1.79 bits per heavy atom. The van der Waals surface area contributed by atoms with E-state index >= 15 is 0 Å². The van der Waals surface area contributed by atoms with E-state index in [1.54, 1.807) is 0 Å². The summed E-state index contributed by atoms with van der Waals surface area (Å²) in [5.41, 5.74) is 6.06. The topological polar surface area (TPSA) is 32.5 Å². The van der Waals surface area contributed by atoms with Crippen LogP contribution in [0.5, 0.6) is 0 Å². The lowest BCUT2D eigenvalue weighted by molar-refractivity contribution is 0.00318. The molecule has 2 aliphatic rings. The molecule has 2 N–H and O–H groups in total. The SMILES string of the molecule is CCCN1C[C@H]2CC(N)C[C@@H](C1)N2C. The fraction of sp³-hybridized carbons (Fsp3) is 1.00. The summed E-state index contributed by atoms with van der Waals surface area (Å²) in [6.45, 7) is 5.99. The number of piperidine rings is 1. The molecule has 2 fully saturated rings. The summed E-state index contributed by atoms with van der Waals surface area (Å²) in [5.74, 6) is 0. The third kappa shape index (κ3) is 1.95. The molecule has 2 rings (SSSR count). The highest BCUT2D eigenvalue weighted by atomic mass is 15.3. The van der Waals surface area contributed by atoms with Crippen LogP contribution >= 0.6 is 0 Å². The summed E-state index contributed by atoms with van der Waals surface area (Å²) in [6, 6.07) is 1.87. The highest BCUT2D eigenvalue weighted by Crippen LogP contribution is 2.26. The molecule has 1 unspecified atom stereocenters. The number of likely N-dealkylation sites (N-methyl/N-ethyl adjacent to an activating group) is 1. The van der Waals surface area contributed by atoms with Crippen LogP contribution < -0.4 is 5.73 Å². The number of piperazine rings is 1. The van der Waals surface area contributed by atoms with Crippen LogP contribution in [0.1, 0.15) is 26.2 Å². The van der Waals surface area contributed by atoms with E-state index in [2.05, 4.69) is 23.8 Å². The van der Waals surface area contributed by atoms with Gasteiger partial charge >= 0.3 is 0 Å². The van der Waals surface area contributed by atoms with E-state index in [1.165, 1.54) is 38.9 Å². The Labute approximate surface area is 87.2 Å². The van der Waals surface area contributed by atoms with Crippen molar-refractivity contribution in [2.75, 3.05) is 26.7 Å². The Morgan fingerprint density at radius 1 is 1.21 bits per heavy atom. The van der Waals surface area contributed by atoms with E-state index in [4.69, 9.17) is 5.73 Å². The van der Waals surface area contributed by atoms with Crippen molar-refractivity contribution >= 4 is 0 Å². The van der Waals surface area contributed by atoms with Crippen molar-refractivity contribution in [3.63, 3.8) is 0 Å². The van der Waals surface area contributed by atoms with Gasteiger partial charge in [0.25, 0.3) is 0 Å². The quantitative estimate of drug-likeness (QED) is 0.700. The van der Waals surface area contributed by atoms with Crippen molar-refractivity contribution < 1.29 is 0 Å². The number of nitrogens with two attached hydrogens (primary N) is 1. The zero-order valence-corrected chi connectivity index (χ0v) is 9.45. The van der Waals surface area contributed by atoms with Crippen LogP contribution in [0.4, 0.5) is 0 Å². The summed E-state index contributed by atoms with van der Waals surface area (Å²) in [4.78, 5) is 5.16. The van der Waals surface area contributed by atoms with Gasteiger partial charge in [0.2, 0.25) is 0 Å². The molecule has 82 valence electrons. The molecule has 2 heterocycles. The first-order chi connectivity index (χ1) is 6.70. The Kier molecular flexibility index (Phi) is 3.10. The van der Waals surface area contributed by atoms with E-state index < -0.39 is 0 Å². The van der Waals surface area contributed by atoms with Gasteiger partial charge in [0, 0.05) is 31.2 Å². The zero-order valence-electron chi connectivity index (χ0n) is 9.45. The van der Waals surface area contributed by atoms with Gasteiger partial charge in [-0.2, -0.15) is 0 Å². The van der Waals surface area contributed by atoms with Gasteiger partial charge in [-0.05, 0) is 32.9 Å². The van der Waals surface area contributed by atoms with Crippen LogP contribution in [-0.2, 0) is 0 Å². The van der Waals surface area contributed by atoms with Crippen molar-refractivity contribution in [3.8, 4) is 0 Å². The second-order valence-corrected chi connectivity index (χ2v) is 4.96. The Bertz CT molecular complexity index is 179. The van der Waals surface area contributed by atoms with Crippen molar-refractivity contribution in [1.29, 1.82) is 0 Å². The number of nitrogens with zero attached hydrogens (tertiary/aromatic N) is 2. The molecule has 0 amide bonds. The largest absolute Gasteiger partial charge is 0.328 e. The number of hydrogen-bond donors (Lipinski definition) is 1. The lowest BCUT2D eigenvalue weighted by Crippen LogP contribution is -2.62. The Balaban J connectivity index is 1.98. The molecule has 0 radical (unpaired) electrons. The summed E-state index contributed by atoms with van der Waals surface area (Å²) in [7, 11) is 2.27. The average Bonchev–Trinajstić information content (AvgIpc) is 2.09. The van der Waals surface area contributed by atoms with Crippen LogP contribution in [0.2, 0.25) is 0 Å². The maximum absolute atomic E-state index is 6.06. The molecule has 3 nitrogen and oxygen atoms in total. The van der Waals surface area contributed by atoms with Crippen molar-refractivity contribution in [2.24, 2.45) is 5.73 Å². The molecule has 0 aromatic rings. The molecular formula is C11H23N3. The standard InChI is InChI=1S/C11H23N3/c1-3-4-14-7-10-5-9(12)6-11(8-14)13(10)2/h9-11H,3-8,12H2,1-2H3/t9?,10-,11+. The van der Waals surface area contributed by atoms with Gasteiger partial charge in [-0.3, -0.25) is 4.90 Å². The molecule has 2 aliphatic heterocycles. The van der Waals surface area contributed by atoms with Gasteiger partial charge in [0.05, 0.1) is 0 Å². The highest BCUT2D eigenvalue weighted by molar-refractivity contribution is 4.95. The van der Waals surface area contributed by atoms with Crippen LogP contribution in [-0.4, -0.2) is 54.6 Å². The third-order valence-corrected chi connectivity index (χ3v) is 3.78. The number of rotatable bonds is 2. The van der Waals surface area contributed by atoms with E-state index in [9.17, 15) is 0 Å². The zero-order chi connectivity index (χ0) is 10.1. The second-order valence-electron chi connectivity index (χ2n) is 4.96. The van der Waals surface area contributed by atoms with E-state index in [-0.39, 0.29) is 0 Å². The van der Waals surface area contributed by atoms with Crippen LogP contribution in [0.15, 0.2) is 0 Å². The van der Waals surface area contributed by atoms with Crippen molar-refractivity contribution in [1.82, 2.24) is 9.80 Å². The van der Waals surface area contributed by atoms with Crippen LogP contribution in [0, 0.1) is 0 Å². The summed E-state index contributed by atoms with van der Waals surface area (Å²) < 4.78 is 0. The van der Waals surface area contributed by atoms with Gasteiger partial charge < -0.3 is 10.6 Å². The summed E-state index contributed by atoms with van der Waals surface area (Å²) >= 11 is 0. The van der Waals surface area contributed by atoms with Crippen molar-refractivity contribution in [2.45, 2.75) is 44.3 Å². The normalized spacial score (nSPS) is 40.1. The smallest absolute Gasteiger partial charge is 0.0238 e. The minimum Gasteiger partial charge on any atom is -0.328 e. The van der Waals surface area contributed by atoms with Crippen molar-refractivity contribution in [3.05, 3.63) is 0 Å². The molecule has 2 saturated heterocycles. The number of likely N-dealkylation sites (tertiary alicyclic amines) is 1. The minimum atomic E-state index is 0.449. The van der Waals surface area contributed by atoms with E-state index in [0.29, 0.717) is 18.1 Å². The van der Waals surface area contributed by atoms with Gasteiger partial charge in [-0.15, -0.1) is 0 Å². The van der Waals surface area contributed by atoms with Gasteiger partial charge in [-0.1, -0.05) is 6.92 Å². The lowest BCUT2D eigenvalue weighted by Gasteiger charge is -2.50. The molecule has 0 saturated carbocycles. The highest BCUT2D eigenvalue weighted by Gasteiger charge is 2.37. The molecule has 14 heavy (non-hydrogen) atoms. The third-order valence-electron chi connectivity index (χ3n) is 3.78. The predicted octanol–water partition coefficient (Wildman–Crippen LogP) is 0.502. The fourth-order valence-electron chi connectivity index (χ4n) is 3.00. The average molecular weight is 197 g/mol. The molecular weight excluding hydrogens is 174 g/mol. The van der Waals surface area contributed by atoms with E-state index in [1.807, 2.05) is 0 Å². The molecule has 3 heteroatoms. The molecule has 2 bridgehead atoms. The molecule has 0 aromatic carbocycles. The first-order valence-corrected chi connectivity index (χ1v) is 5.90.